The highest BCUT2D eigenvalue weighted by molar-refractivity contribution is 5.78. The second-order valence-corrected chi connectivity index (χ2v) is 5.24. The summed E-state index contributed by atoms with van der Waals surface area (Å²) in [5.41, 5.74) is 6.24. The Morgan fingerprint density at radius 1 is 1.35 bits per heavy atom. The molecule has 1 aliphatic rings. The number of aliphatic hydroxyl groups is 1. The van der Waals surface area contributed by atoms with E-state index in [-0.39, 0.29) is 18.6 Å². The van der Waals surface area contributed by atoms with Crippen LogP contribution in [0.1, 0.15) is 32.1 Å². The third-order valence-corrected chi connectivity index (χ3v) is 3.55. The summed E-state index contributed by atoms with van der Waals surface area (Å²) >= 11 is 0. The monoisotopic (exact) mass is 278 g/mol. The molecule has 0 spiro atoms. The highest BCUT2D eigenvalue weighted by Gasteiger charge is 2.23. The molecule has 110 valence electrons. The molecule has 1 aromatic carbocycles. The zero-order valence-electron chi connectivity index (χ0n) is 11.5. The fourth-order valence-corrected chi connectivity index (χ4v) is 2.46. The van der Waals surface area contributed by atoms with Crippen LogP contribution in [0.3, 0.4) is 0 Å². The number of amides is 1. The first-order valence-electron chi connectivity index (χ1n) is 7.11. The van der Waals surface area contributed by atoms with Gasteiger partial charge in [-0.2, -0.15) is 0 Å². The number of nitrogens with two attached hydrogens (primary N) is 1. The van der Waals surface area contributed by atoms with E-state index in [0.29, 0.717) is 11.4 Å². The Hall–Kier alpha value is -1.75. The maximum absolute atomic E-state index is 11.8. The van der Waals surface area contributed by atoms with Crippen LogP contribution in [0.25, 0.3) is 0 Å². The fourth-order valence-electron chi connectivity index (χ4n) is 2.46. The van der Waals surface area contributed by atoms with Gasteiger partial charge in [0.05, 0.1) is 12.1 Å². The molecule has 0 heterocycles. The summed E-state index contributed by atoms with van der Waals surface area (Å²) in [7, 11) is 0. The molecule has 1 amide bonds. The predicted octanol–water partition coefficient (Wildman–Crippen LogP) is 1.46. The minimum absolute atomic E-state index is 0.0628. The van der Waals surface area contributed by atoms with Crippen molar-refractivity contribution in [2.45, 2.75) is 44.2 Å². The Kier molecular flexibility index (Phi) is 5.24. The summed E-state index contributed by atoms with van der Waals surface area (Å²) in [5, 5.41) is 12.8. The molecule has 0 radical (unpaired) electrons. The van der Waals surface area contributed by atoms with Crippen LogP contribution in [0.4, 0.5) is 5.69 Å². The van der Waals surface area contributed by atoms with Gasteiger partial charge < -0.3 is 20.9 Å². The fraction of sp³-hybridized carbons (Fsp3) is 0.533. The topological polar surface area (TPSA) is 84.6 Å². The van der Waals surface area contributed by atoms with Gasteiger partial charge in [0.2, 0.25) is 0 Å². The number of hydrogen-bond acceptors (Lipinski definition) is 4. The van der Waals surface area contributed by atoms with Crippen molar-refractivity contribution < 1.29 is 14.6 Å². The van der Waals surface area contributed by atoms with Gasteiger partial charge in [-0.3, -0.25) is 4.79 Å². The lowest BCUT2D eigenvalue weighted by molar-refractivity contribution is -0.124. The van der Waals surface area contributed by atoms with Gasteiger partial charge in [0.1, 0.15) is 5.75 Å². The van der Waals surface area contributed by atoms with Crippen molar-refractivity contribution >= 4 is 11.6 Å². The molecular formula is C15H22N2O3. The highest BCUT2D eigenvalue weighted by atomic mass is 16.5. The first kappa shape index (κ1) is 14.7. The molecule has 2 atom stereocenters. The Labute approximate surface area is 119 Å². The number of carbonyl (C=O) groups excluding carboxylic acids is 1. The van der Waals surface area contributed by atoms with Gasteiger partial charge in [-0.15, -0.1) is 0 Å². The predicted molar refractivity (Wildman–Crippen MR) is 77.4 cm³/mol. The normalized spacial score (nSPS) is 22.9. The molecule has 1 fully saturated rings. The van der Waals surface area contributed by atoms with Crippen LogP contribution >= 0.6 is 0 Å². The Balaban J connectivity index is 1.80. The second kappa shape index (κ2) is 7.14. The lowest BCUT2D eigenvalue weighted by atomic mass is 10.1. The third kappa shape index (κ3) is 4.42. The van der Waals surface area contributed by atoms with Crippen LogP contribution in [0, 0.1) is 0 Å². The Morgan fingerprint density at radius 3 is 2.95 bits per heavy atom. The number of rotatable bonds is 4. The zero-order chi connectivity index (χ0) is 14.4. The van der Waals surface area contributed by atoms with Crippen LogP contribution in [-0.4, -0.2) is 29.8 Å². The lowest BCUT2D eigenvalue weighted by Gasteiger charge is -2.21. The number of nitrogen functional groups attached to an aromatic ring is 1. The number of anilines is 1. The number of benzene rings is 1. The van der Waals surface area contributed by atoms with E-state index in [0.717, 1.165) is 32.1 Å². The van der Waals surface area contributed by atoms with Crippen molar-refractivity contribution in [1.29, 1.82) is 0 Å². The van der Waals surface area contributed by atoms with E-state index in [1.807, 2.05) is 0 Å². The van der Waals surface area contributed by atoms with Crippen LogP contribution in [0.15, 0.2) is 24.3 Å². The van der Waals surface area contributed by atoms with E-state index >= 15 is 0 Å². The van der Waals surface area contributed by atoms with Gasteiger partial charge >= 0.3 is 0 Å². The largest absolute Gasteiger partial charge is 0.484 e. The third-order valence-electron chi connectivity index (χ3n) is 3.55. The molecule has 1 saturated carbocycles. The molecule has 20 heavy (non-hydrogen) atoms. The van der Waals surface area contributed by atoms with Crippen molar-refractivity contribution in [1.82, 2.24) is 5.32 Å². The summed E-state index contributed by atoms with van der Waals surface area (Å²) < 4.78 is 5.38. The van der Waals surface area contributed by atoms with Crippen molar-refractivity contribution in [3.8, 4) is 5.75 Å². The smallest absolute Gasteiger partial charge is 0.258 e. The van der Waals surface area contributed by atoms with Crippen molar-refractivity contribution in [2.24, 2.45) is 0 Å². The first-order valence-corrected chi connectivity index (χ1v) is 7.11. The lowest BCUT2D eigenvalue weighted by Crippen LogP contribution is -2.44. The van der Waals surface area contributed by atoms with Crippen molar-refractivity contribution in [3.63, 3.8) is 0 Å². The van der Waals surface area contributed by atoms with E-state index in [1.54, 1.807) is 24.3 Å². The quantitative estimate of drug-likeness (QED) is 0.575. The van der Waals surface area contributed by atoms with Crippen LogP contribution in [0.5, 0.6) is 5.75 Å². The average Bonchev–Trinajstić information content (AvgIpc) is 2.62. The maximum Gasteiger partial charge on any atom is 0.258 e. The minimum Gasteiger partial charge on any atom is -0.484 e. The van der Waals surface area contributed by atoms with Crippen LogP contribution < -0.4 is 15.8 Å². The molecule has 2 unspecified atom stereocenters. The molecule has 2 rings (SSSR count). The molecule has 0 saturated heterocycles. The van der Waals surface area contributed by atoms with E-state index < -0.39 is 6.10 Å². The average molecular weight is 278 g/mol. The molecule has 5 nitrogen and oxygen atoms in total. The molecule has 1 aliphatic carbocycles. The van der Waals surface area contributed by atoms with E-state index in [4.69, 9.17) is 10.5 Å². The van der Waals surface area contributed by atoms with Crippen LogP contribution in [0.2, 0.25) is 0 Å². The summed E-state index contributed by atoms with van der Waals surface area (Å²) in [4.78, 5) is 11.8. The molecule has 0 aromatic heterocycles. The molecule has 0 bridgehead atoms. The summed E-state index contributed by atoms with van der Waals surface area (Å²) in [5.74, 6) is 0.361. The van der Waals surface area contributed by atoms with Crippen LogP contribution in [-0.2, 0) is 4.79 Å². The number of nitrogens with one attached hydrogen (secondary N) is 1. The van der Waals surface area contributed by atoms with Gasteiger partial charge in [0.25, 0.3) is 5.91 Å². The second-order valence-electron chi connectivity index (χ2n) is 5.24. The summed E-state index contributed by atoms with van der Waals surface area (Å²) in [6.45, 7) is -0.0628. The first-order chi connectivity index (χ1) is 9.65. The van der Waals surface area contributed by atoms with E-state index in [1.165, 1.54) is 0 Å². The van der Waals surface area contributed by atoms with Gasteiger partial charge in [0, 0.05) is 11.8 Å². The number of aliphatic hydroxyl groups excluding tert-OH is 1. The van der Waals surface area contributed by atoms with Gasteiger partial charge in [0.15, 0.2) is 6.61 Å². The molecule has 5 heteroatoms. The minimum atomic E-state index is -0.450. The molecule has 1 aromatic rings. The number of carbonyl (C=O) groups is 1. The zero-order valence-corrected chi connectivity index (χ0v) is 11.5. The highest BCUT2D eigenvalue weighted by Crippen LogP contribution is 2.18. The van der Waals surface area contributed by atoms with Crippen molar-refractivity contribution in [3.05, 3.63) is 24.3 Å². The van der Waals surface area contributed by atoms with Crippen molar-refractivity contribution in [2.75, 3.05) is 12.3 Å². The summed E-state index contributed by atoms with van der Waals surface area (Å²) in [6.07, 6.45) is 4.30. The van der Waals surface area contributed by atoms with Gasteiger partial charge in [-0.05, 0) is 25.0 Å². The van der Waals surface area contributed by atoms with E-state index in [2.05, 4.69) is 5.32 Å². The Bertz CT molecular complexity index is 450. The summed E-state index contributed by atoms with van der Waals surface area (Å²) in [6, 6.07) is 6.80. The molecule has 0 aliphatic heterocycles. The number of hydrogen-bond donors (Lipinski definition) is 3. The van der Waals surface area contributed by atoms with Gasteiger partial charge in [-0.25, -0.2) is 0 Å². The van der Waals surface area contributed by atoms with E-state index in [9.17, 15) is 9.90 Å². The van der Waals surface area contributed by atoms with Gasteiger partial charge in [-0.1, -0.05) is 25.3 Å². The Morgan fingerprint density at radius 2 is 2.15 bits per heavy atom. The standard InChI is InChI=1S/C15H22N2O3/c16-11-5-4-6-12(9-11)20-10-15(19)17-13-7-2-1-3-8-14(13)18/h4-6,9,13-14,18H,1-3,7-8,10,16H2,(H,17,19). The maximum atomic E-state index is 11.8. The SMILES string of the molecule is Nc1cccc(OCC(=O)NC2CCCCCC2O)c1. The molecule has 4 N–H and O–H groups in total. The molecular weight excluding hydrogens is 256 g/mol. The number of ether oxygens (including phenoxy) is 1.